The largest absolute Gasteiger partial charge is 0.397 e. The second kappa shape index (κ2) is 4.29. The summed E-state index contributed by atoms with van der Waals surface area (Å²) in [5, 5.41) is 5.38. The zero-order valence-electron chi connectivity index (χ0n) is 10.4. The zero-order chi connectivity index (χ0) is 13.3. The van der Waals surface area contributed by atoms with Crippen molar-refractivity contribution in [3.63, 3.8) is 0 Å². The average molecular weight is 248 g/mol. The lowest BCUT2D eigenvalue weighted by Crippen LogP contribution is -2.67. The summed E-state index contributed by atoms with van der Waals surface area (Å²) < 4.78 is 0. The fourth-order valence-corrected chi connectivity index (χ4v) is 1.77. The van der Waals surface area contributed by atoms with Gasteiger partial charge in [0.25, 0.3) is 0 Å². The molecule has 1 atom stereocenters. The Bertz CT molecular complexity index is 481. The summed E-state index contributed by atoms with van der Waals surface area (Å²) in [6.07, 6.45) is 1.88. The second-order valence-electron chi connectivity index (χ2n) is 4.93. The number of nitrogen functional groups attached to an aromatic ring is 1. The molecule has 1 saturated heterocycles. The number of rotatable bonds is 2. The van der Waals surface area contributed by atoms with Gasteiger partial charge in [0, 0.05) is 12.1 Å². The second-order valence-corrected chi connectivity index (χ2v) is 4.93. The number of carbonyl (C=O) groups is 2. The maximum Gasteiger partial charge on any atom is 0.245 e. The summed E-state index contributed by atoms with van der Waals surface area (Å²) in [5.74, 6) is -0.388. The zero-order valence-corrected chi connectivity index (χ0v) is 10.4. The third-order valence-corrected chi connectivity index (χ3v) is 2.89. The van der Waals surface area contributed by atoms with Crippen molar-refractivity contribution >= 4 is 17.5 Å². The van der Waals surface area contributed by atoms with E-state index in [1.54, 1.807) is 26.0 Å². The van der Waals surface area contributed by atoms with E-state index in [1.807, 2.05) is 0 Å². The molecular weight excluding hydrogens is 232 g/mol. The first kappa shape index (κ1) is 12.3. The Kier molecular flexibility index (Phi) is 2.94. The molecule has 1 aromatic heterocycles. The van der Waals surface area contributed by atoms with Crippen LogP contribution in [0.5, 0.6) is 0 Å². The highest BCUT2D eigenvalue weighted by molar-refractivity contribution is 5.99. The third kappa shape index (κ3) is 2.42. The van der Waals surface area contributed by atoms with Gasteiger partial charge in [-0.25, -0.2) is 0 Å². The van der Waals surface area contributed by atoms with Gasteiger partial charge in [-0.15, -0.1) is 0 Å². The van der Waals surface area contributed by atoms with Gasteiger partial charge in [0.05, 0.1) is 11.9 Å². The van der Waals surface area contributed by atoms with Gasteiger partial charge >= 0.3 is 0 Å². The molecule has 2 amide bonds. The number of nitrogens with two attached hydrogens (primary N) is 1. The Hall–Kier alpha value is -2.11. The van der Waals surface area contributed by atoms with Crippen LogP contribution < -0.4 is 16.4 Å². The van der Waals surface area contributed by atoms with Gasteiger partial charge < -0.3 is 16.4 Å². The van der Waals surface area contributed by atoms with Gasteiger partial charge in [-0.2, -0.15) is 0 Å². The lowest BCUT2D eigenvalue weighted by Gasteiger charge is -2.34. The molecule has 1 unspecified atom stereocenters. The Labute approximate surface area is 105 Å². The fourth-order valence-electron chi connectivity index (χ4n) is 1.77. The van der Waals surface area contributed by atoms with Crippen LogP contribution in [-0.2, 0) is 16.0 Å². The van der Waals surface area contributed by atoms with E-state index in [0.717, 1.165) is 0 Å². The number of piperazine rings is 1. The normalized spacial score (nSPS) is 22.2. The molecule has 0 bridgehead atoms. The number of hydrogen-bond donors (Lipinski definition) is 3. The van der Waals surface area contributed by atoms with Gasteiger partial charge in [-0.1, -0.05) is 0 Å². The van der Waals surface area contributed by atoms with E-state index in [0.29, 0.717) is 17.8 Å². The van der Waals surface area contributed by atoms with Crippen molar-refractivity contribution in [1.82, 2.24) is 15.6 Å². The Morgan fingerprint density at radius 2 is 2.11 bits per heavy atom. The number of anilines is 1. The summed E-state index contributed by atoms with van der Waals surface area (Å²) in [5.41, 5.74) is 5.95. The average Bonchev–Trinajstić information content (AvgIpc) is 2.28. The van der Waals surface area contributed by atoms with Crippen molar-refractivity contribution in [2.24, 2.45) is 0 Å². The minimum absolute atomic E-state index is 0.192. The Morgan fingerprint density at radius 1 is 1.39 bits per heavy atom. The first-order chi connectivity index (χ1) is 8.38. The van der Waals surface area contributed by atoms with Crippen molar-refractivity contribution in [3.8, 4) is 0 Å². The lowest BCUT2D eigenvalue weighted by atomic mass is 9.97. The molecule has 4 N–H and O–H groups in total. The summed E-state index contributed by atoms with van der Waals surface area (Å²) >= 11 is 0. The number of pyridine rings is 1. The van der Waals surface area contributed by atoms with Gasteiger partial charge in [0.1, 0.15) is 11.6 Å². The topological polar surface area (TPSA) is 97.1 Å². The van der Waals surface area contributed by atoms with E-state index in [4.69, 9.17) is 5.73 Å². The predicted molar refractivity (Wildman–Crippen MR) is 66.5 cm³/mol. The van der Waals surface area contributed by atoms with Gasteiger partial charge in [-0.3, -0.25) is 14.6 Å². The van der Waals surface area contributed by atoms with Crippen LogP contribution in [-0.4, -0.2) is 28.4 Å². The van der Waals surface area contributed by atoms with Crippen molar-refractivity contribution < 1.29 is 9.59 Å². The number of aromatic nitrogens is 1. The van der Waals surface area contributed by atoms with Crippen molar-refractivity contribution in [3.05, 3.63) is 24.0 Å². The molecule has 6 heteroatoms. The molecule has 2 heterocycles. The smallest absolute Gasteiger partial charge is 0.245 e. The molecule has 6 nitrogen and oxygen atoms in total. The van der Waals surface area contributed by atoms with Crippen LogP contribution in [0.1, 0.15) is 19.5 Å². The maximum atomic E-state index is 11.8. The minimum atomic E-state index is -0.859. The van der Waals surface area contributed by atoms with E-state index in [1.165, 1.54) is 6.20 Å². The standard InChI is InChI=1S/C12H16N4O2/c1-12(2)11(18)15-9(10(17)16-12)5-8-4-3-7(13)6-14-8/h3-4,6,9H,5,13H2,1-2H3,(H,15,18)(H,16,17). The SMILES string of the molecule is CC1(C)NC(=O)C(Cc2ccc(N)cn2)NC1=O. The lowest BCUT2D eigenvalue weighted by molar-refractivity contribution is -0.140. The molecule has 1 aromatic rings. The van der Waals surface area contributed by atoms with E-state index >= 15 is 0 Å². The molecule has 0 aliphatic carbocycles. The Balaban J connectivity index is 2.09. The number of nitrogens with zero attached hydrogens (tertiary/aromatic N) is 1. The third-order valence-electron chi connectivity index (χ3n) is 2.89. The quantitative estimate of drug-likeness (QED) is 0.663. The van der Waals surface area contributed by atoms with Crippen LogP contribution in [0, 0.1) is 0 Å². The highest BCUT2D eigenvalue weighted by Crippen LogP contribution is 2.12. The highest BCUT2D eigenvalue weighted by Gasteiger charge is 2.39. The van der Waals surface area contributed by atoms with Crippen LogP contribution in [0.3, 0.4) is 0 Å². The van der Waals surface area contributed by atoms with Gasteiger partial charge in [0.15, 0.2) is 0 Å². The summed E-state index contributed by atoms with van der Waals surface area (Å²) in [6.45, 7) is 3.33. The molecule has 0 radical (unpaired) electrons. The van der Waals surface area contributed by atoms with Crippen LogP contribution in [0.4, 0.5) is 5.69 Å². The monoisotopic (exact) mass is 248 g/mol. The van der Waals surface area contributed by atoms with E-state index in [9.17, 15) is 9.59 Å². The molecule has 96 valence electrons. The van der Waals surface area contributed by atoms with Crippen molar-refractivity contribution in [2.45, 2.75) is 31.8 Å². The molecule has 0 aromatic carbocycles. The van der Waals surface area contributed by atoms with Gasteiger partial charge in [-0.05, 0) is 26.0 Å². The summed E-state index contributed by atoms with van der Waals surface area (Å²) in [6, 6.07) is 2.88. The summed E-state index contributed by atoms with van der Waals surface area (Å²) in [7, 11) is 0. The molecule has 0 spiro atoms. The van der Waals surface area contributed by atoms with Crippen LogP contribution >= 0.6 is 0 Å². The predicted octanol–water partition coefficient (Wildman–Crippen LogP) is -0.400. The number of amides is 2. The Morgan fingerprint density at radius 3 is 2.72 bits per heavy atom. The van der Waals surface area contributed by atoms with E-state index < -0.39 is 11.6 Å². The molecular formula is C12H16N4O2. The van der Waals surface area contributed by atoms with Gasteiger partial charge in [0.2, 0.25) is 11.8 Å². The van der Waals surface area contributed by atoms with Crippen LogP contribution in [0.2, 0.25) is 0 Å². The van der Waals surface area contributed by atoms with Crippen molar-refractivity contribution in [1.29, 1.82) is 0 Å². The molecule has 1 aliphatic heterocycles. The molecule has 1 fully saturated rings. The molecule has 18 heavy (non-hydrogen) atoms. The number of hydrogen-bond acceptors (Lipinski definition) is 4. The van der Waals surface area contributed by atoms with E-state index in [2.05, 4.69) is 15.6 Å². The van der Waals surface area contributed by atoms with E-state index in [-0.39, 0.29) is 11.8 Å². The first-order valence-corrected chi connectivity index (χ1v) is 5.72. The fraction of sp³-hybridized carbons (Fsp3) is 0.417. The maximum absolute atomic E-state index is 11.8. The van der Waals surface area contributed by atoms with Crippen molar-refractivity contribution in [2.75, 3.05) is 5.73 Å². The first-order valence-electron chi connectivity index (χ1n) is 5.72. The van der Waals surface area contributed by atoms with Crippen LogP contribution in [0.25, 0.3) is 0 Å². The molecule has 1 aliphatic rings. The highest BCUT2D eigenvalue weighted by atomic mass is 16.2. The van der Waals surface area contributed by atoms with Crippen LogP contribution in [0.15, 0.2) is 18.3 Å². The number of nitrogens with one attached hydrogen (secondary N) is 2. The summed E-state index contributed by atoms with van der Waals surface area (Å²) in [4.78, 5) is 27.7. The molecule has 2 rings (SSSR count). The molecule has 0 saturated carbocycles. The number of carbonyl (C=O) groups excluding carboxylic acids is 2. The minimum Gasteiger partial charge on any atom is -0.397 e.